The van der Waals surface area contributed by atoms with Crippen molar-refractivity contribution >= 4 is 21.9 Å². The van der Waals surface area contributed by atoms with E-state index in [0.717, 1.165) is 0 Å². The Labute approximate surface area is 169 Å². The van der Waals surface area contributed by atoms with Crippen molar-refractivity contribution in [3.05, 3.63) is 40.6 Å². The third-order valence-electron chi connectivity index (χ3n) is 5.06. The van der Waals surface area contributed by atoms with E-state index >= 15 is 0 Å². The van der Waals surface area contributed by atoms with Gasteiger partial charge in [-0.2, -0.15) is 0 Å². The van der Waals surface area contributed by atoms with E-state index in [2.05, 4.69) is 0 Å². The fraction of sp³-hybridized carbons (Fsp3) is 0.350. The molecule has 3 aromatic rings. The third kappa shape index (κ3) is 3.15. The molecule has 160 valence electrons. The average molecular weight is 420 g/mol. The van der Waals surface area contributed by atoms with E-state index < -0.39 is 42.7 Å². The molecule has 2 heterocycles. The maximum Gasteiger partial charge on any atom is 0.229 e. The summed E-state index contributed by atoms with van der Waals surface area (Å²) >= 11 is 0. The summed E-state index contributed by atoms with van der Waals surface area (Å²) in [6, 6.07) is 7.19. The molecule has 1 fully saturated rings. The van der Waals surface area contributed by atoms with Crippen molar-refractivity contribution in [1.29, 1.82) is 0 Å². The lowest BCUT2D eigenvalue weighted by Gasteiger charge is -2.39. The van der Waals surface area contributed by atoms with E-state index in [1.165, 1.54) is 37.4 Å². The van der Waals surface area contributed by atoms with Crippen LogP contribution in [-0.2, 0) is 4.74 Å². The maximum absolute atomic E-state index is 12.8. The van der Waals surface area contributed by atoms with Crippen LogP contribution in [0.1, 0.15) is 0 Å². The van der Waals surface area contributed by atoms with E-state index in [4.69, 9.17) is 18.6 Å². The van der Waals surface area contributed by atoms with Crippen LogP contribution in [0.3, 0.4) is 0 Å². The zero-order chi connectivity index (χ0) is 21.6. The summed E-state index contributed by atoms with van der Waals surface area (Å²) in [7, 11) is 1.32. The lowest BCUT2D eigenvalue weighted by molar-refractivity contribution is -0.277. The van der Waals surface area contributed by atoms with E-state index in [0.29, 0.717) is 0 Å². The van der Waals surface area contributed by atoms with Gasteiger partial charge in [0.15, 0.2) is 11.3 Å². The van der Waals surface area contributed by atoms with Gasteiger partial charge in [-0.15, -0.1) is 0 Å². The Morgan fingerprint density at radius 2 is 1.83 bits per heavy atom. The number of methoxy groups -OCH3 is 1. The first-order valence-corrected chi connectivity index (χ1v) is 9.10. The summed E-state index contributed by atoms with van der Waals surface area (Å²) < 4.78 is 22.1. The Hall–Kier alpha value is -2.89. The van der Waals surface area contributed by atoms with Crippen LogP contribution in [0, 0.1) is 0 Å². The topological polar surface area (TPSA) is 159 Å². The minimum absolute atomic E-state index is 0.0202. The minimum atomic E-state index is -1.62. The monoisotopic (exact) mass is 420 g/mol. The molecule has 0 saturated carbocycles. The molecule has 0 bridgehead atoms. The highest BCUT2D eigenvalue weighted by Gasteiger charge is 2.45. The highest BCUT2D eigenvalue weighted by molar-refractivity contribution is 5.96. The molecule has 0 amide bonds. The molecule has 2 aromatic carbocycles. The highest BCUT2D eigenvalue weighted by atomic mass is 16.7. The summed E-state index contributed by atoms with van der Waals surface area (Å²) in [6.45, 7) is -0.607. The largest absolute Gasteiger partial charge is 0.507 e. The zero-order valence-electron chi connectivity index (χ0n) is 15.8. The average Bonchev–Trinajstić information content (AvgIpc) is 2.74. The Morgan fingerprint density at radius 1 is 1.07 bits per heavy atom. The molecule has 1 aromatic heterocycles. The number of aliphatic hydroxyl groups excluding tert-OH is 4. The van der Waals surface area contributed by atoms with Gasteiger partial charge in [0, 0.05) is 0 Å². The van der Waals surface area contributed by atoms with Crippen LogP contribution in [-0.4, -0.2) is 70.0 Å². The number of benzene rings is 2. The molecule has 30 heavy (non-hydrogen) atoms. The molecule has 1 aliphatic heterocycles. The van der Waals surface area contributed by atoms with Crippen LogP contribution in [0.15, 0.2) is 39.5 Å². The summed E-state index contributed by atoms with van der Waals surface area (Å²) in [4.78, 5) is 12.8. The van der Waals surface area contributed by atoms with Gasteiger partial charge in [0.25, 0.3) is 0 Å². The smallest absolute Gasteiger partial charge is 0.229 e. The Morgan fingerprint density at radius 3 is 2.53 bits per heavy atom. The van der Waals surface area contributed by atoms with Crippen molar-refractivity contribution in [2.24, 2.45) is 0 Å². The Balaban J connectivity index is 1.80. The number of hydrogen-bond acceptors (Lipinski definition) is 10. The summed E-state index contributed by atoms with van der Waals surface area (Å²) in [6.07, 6.45) is -7.35. The maximum atomic E-state index is 12.8. The third-order valence-corrected chi connectivity index (χ3v) is 5.06. The highest BCUT2D eigenvalue weighted by Crippen LogP contribution is 2.38. The lowest BCUT2D eigenvalue weighted by Crippen LogP contribution is -2.60. The second-order valence-electron chi connectivity index (χ2n) is 6.87. The second-order valence-corrected chi connectivity index (χ2v) is 6.87. The molecule has 0 aliphatic carbocycles. The molecule has 4 rings (SSSR count). The molecule has 5 atom stereocenters. The number of hydrogen-bond donors (Lipinski definition) is 5. The lowest BCUT2D eigenvalue weighted by atomic mass is 9.99. The van der Waals surface area contributed by atoms with Gasteiger partial charge in [0.05, 0.1) is 19.1 Å². The Bertz CT molecular complexity index is 1140. The van der Waals surface area contributed by atoms with E-state index in [1.807, 2.05) is 0 Å². The molecule has 5 N–H and O–H groups in total. The standard InChI is InChI=1S/C20H20O10/c1-27-19-11(29-20-17(26)16(25)15(24)12(7-21)30-20)6-5-8-14(23)13-9(22)3-2-4-10(13)28-18(8)19/h2-6,12,15-17,20-22,24-26H,7H2,1H3/t12-,15-,16+,17-,20-/m1/s1. The molecule has 0 spiro atoms. The molecule has 10 heteroatoms. The molecule has 10 nitrogen and oxygen atoms in total. The first-order chi connectivity index (χ1) is 14.4. The van der Waals surface area contributed by atoms with Crippen LogP contribution in [0.25, 0.3) is 21.9 Å². The summed E-state index contributed by atoms with van der Waals surface area (Å²) in [5, 5.41) is 49.5. The molecular formula is C20H20O10. The van der Waals surface area contributed by atoms with Crippen LogP contribution >= 0.6 is 0 Å². The normalized spacial score (nSPS) is 26.8. The first-order valence-electron chi connectivity index (χ1n) is 9.10. The van der Waals surface area contributed by atoms with Crippen molar-refractivity contribution in [3.63, 3.8) is 0 Å². The quantitative estimate of drug-likeness (QED) is 0.359. The van der Waals surface area contributed by atoms with Crippen molar-refractivity contribution < 1.29 is 44.2 Å². The molecule has 1 saturated heterocycles. The van der Waals surface area contributed by atoms with Gasteiger partial charge in [-0.1, -0.05) is 6.07 Å². The van der Waals surface area contributed by atoms with E-state index in [9.17, 15) is 30.3 Å². The zero-order valence-corrected chi connectivity index (χ0v) is 15.8. The molecule has 0 radical (unpaired) electrons. The van der Waals surface area contributed by atoms with Crippen molar-refractivity contribution in [1.82, 2.24) is 0 Å². The predicted octanol–water partition coefficient (Wildman–Crippen LogP) is -0.161. The molecular weight excluding hydrogens is 400 g/mol. The summed E-state index contributed by atoms with van der Waals surface area (Å²) in [5.41, 5.74) is -0.291. The number of aromatic hydroxyl groups is 1. The second kappa shape index (κ2) is 7.74. The van der Waals surface area contributed by atoms with Gasteiger partial charge in [0.2, 0.25) is 17.5 Å². The fourth-order valence-electron chi connectivity index (χ4n) is 3.48. The summed E-state index contributed by atoms with van der Waals surface area (Å²) in [5.74, 6) is -0.174. The van der Waals surface area contributed by atoms with Crippen LogP contribution in [0.2, 0.25) is 0 Å². The predicted molar refractivity (Wildman–Crippen MR) is 103 cm³/mol. The van der Waals surface area contributed by atoms with Gasteiger partial charge in [0.1, 0.15) is 41.1 Å². The molecule has 1 aliphatic rings. The van der Waals surface area contributed by atoms with Crippen molar-refractivity contribution in [2.45, 2.75) is 30.7 Å². The van der Waals surface area contributed by atoms with Gasteiger partial charge in [-0.25, -0.2) is 0 Å². The van der Waals surface area contributed by atoms with Crippen molar-refractivity contribution in [3.8, 4) is 17.2 Å². The number of aliphatic hydroxyl groups is 4. The SMILES string of the molecule is COc1c(O[C@@H]2O[C@H](CO)[C@@H](O)[C@H](O)[C@H]2O)ccc2c(=O)c3c(O)cccc3oc12. The van der Waals surface area contributed by atoms with Gasteiger partial charge < -0.3 is 44.2 Å². The number of ether oxygens (including phenoxy) is 3. The molecule has 0 unspecified atom stereocenters. The van der Waals surface area contributed by atoms with Gasteiger partial charge in [-0.3, -0.25) is 4.79 Å². The number of fused-ring (bicyclic) bond motifs is 2. The number of phenols is 1. The minimum Gasteiger partial charge on any atom is -0.507 e. The van der Waals surface area contributed by atoms with Crippen LogP contribution in [0.5, 0.6) is 17.2 Å². The Kier molecular flexibility index (Phi) is 5.26. The first kappa shape index (κ1) is 20.4. The van der Waals surface area contributed by atoms with E-state index in [1.54, 1.807) is 0 Å². The van der Waals surface area contributed by atoms with Gasteiger partial charge >= 0.3 is 0 Å². The van der Waals surface area contributed by atoms with Crippen LogP contribution < -0.4 is 14.9 Å². The van der Waals surface area contributed by atoms with Crippen LogP contribution in [0.4, 0.5) is 0 Å². The van der Waals surface area contributed by atoms with E-state index in [-0.39, 0.29) is 39.2 Å². The van der Waals surface area contributed by atoms with Crippen molar-refractivity contribution in [2.75, 3.05) is 13.7 Å². The number of phenolic OH excluding ortho intramolecular Hbond substituents is 1. The fourth-order valence-corrected chi connectivity index (χ4v) is 3.48. The van der Waals surface area contributed by atoms with Gasteiger partial charge in [-0.05, 0) is 24.3 Å². The number of rotatable bonds is 4.